The lowest BCUT2D eigenvalue weighted by atomic mass is 9.65. The number of fused-ring (bicyclic) bond motifs is 9. The zero-order valence-corrected chi connectivity index (χ0v) is 44.0. The molecule has 2 heterocycles. The van der Waals surface area contributed by atoms with E-state index in [0.717, 1.165) is 119 Å². The molecule has 78 heavy (non-hydrogen) atoms. The van der Waals surface area contributed by atoms with Gasteiger partial charge in [0, 0.05) is 27.4 Å². The summed E-state index contributed by atoms with van der Waals surface area (Å²) in [5.41, 5.74) is 11.7. The average Bonchev–Trinajstić information content (AvgIpc) is 3.93. The molecule has 4 aromatic carbocycles. The van der Waals surface area contributed by atoms with Crippen LogP contribution in [0.3, 0.4) is 0 Å². The van der Waals surface area contributed by atoms with E-state index in [-0.39, 0.29) is 52.1 Å². The molecule has 6 aliphatic carbocycles. The molecule has 2 aliphatic heterocycles. The van der Waals surface area contributed by atoms with E-state index in [1.807, 2.05) is 36.4 Å². The van der Waals surface area contributed by atoms with E-state index in [9.17, 15) is 39.3 Å². The van der Waals surface area contributed by atoms with Crippen LogP contribution in [-0.2, 0) is 58.1 Å². The van der Waals surface area contributed by atoms with E-state index in [1.165, 1.54) is 33.4 Å². The van der Waals surface area contributed by atoms with E-state index in [1.54, 1.807) is 62.4 Å². The van der Waals surface area contributed by atoms with Gasteiger partial charge in [-0.1, -0.05) is 131 Å². The maximum absolute atomic E-state index is 14.5. The first kappa shape index (κ1) is 50.3. The summed E-state index contributed by atoms with van der Waals surface area (Å²) in [6.07, 6.45) is 20.3. The van der Waals surface area contributed by atoms with Crippen molar-refractivity contribution in [2.75, 3.05) is 0 Å². The molecule has 0 N–H and O–H groups in total. The highest BCUT2D eigenvalue weighted by Crippen LogP contribution is 2.63. The zero-order valence-electron chi connectivity index (χ0n) is 44.0. The number of carbonyl (C=O) groups excluding carboxylic acids is 6. The van der Waals surface area contributed by atoms with E-state index in [0.29, 0.717) is 20.9 Å². The van der Waals surface area contributed by atoms with E-state index in [2.05, 4.69) is 36.4 Å². The molecular weight excluding hydrogens is 977 g/mol. The summed E-state index contributed by atoms with van der Waals surface area (Å²) in [4.78, 5) is 84.7. The van der Waals surface area contributed by atoms with Gasteiger partial charge in [-0.2, -0.15) is 20.3 Å². The minimum atomic E-state index is -1.13. The first-order valence-corrected chi connectivity index (χ1v) is 27.5. The molecule has 3 spiro atoms. The van der Waals surface area contributed by atoms with Crippen molar-refractivity contribution in [3.8, 4) is 23.3 Å². The fourth-order valence-electron chi connectivity index (χ4n) is 14.5. The van der Waals surface area contributed by atoms with Gasteiger partial charge in [-0.15, -0.1) is 0 Å². The molecule has 0 bridgehead atoms. The van der Waals surface area contributed by atoms with Gasteiger partial charge in [0.1, 0.15) is 36.5 Å². The van der Waals surface area contributed by atoms with Crippen LogP contribution in [0.15, 0.2) is 142 Å². The van der Waals surface area contributed by atoms with Gasteiger partial charge in [0.05, 0.1) is 0 Å². The fraction of sp³-hybridized carbons (Fsp3) is 0.333. The topological polar surface area (TPSA) is 175 Å². The molecule has 6 amide bonds. The van der Waals surface area contributed by atoms with E-state index < -0.39 is 46.6 Å². The van der Waals surface area contributed by atoms with Crippen molar-refractivity contribution in [1.82, 2.24) is 9.80 Å². The highest BCUT2D eigenvalue weighted by atomic mass is 16.6. The van der Waals surface area contributed by atoms with Crippen LogP contribution in [-0.4, -0.2) is 45.6 Å². The predicted octanol–water partition coefficient (Wildman–Crippen LogP) is 13.1. The number of hydrogen-bond acceptors (Lipinski definition) is 10. The predicted molar refractivity (Wildman–Crippen MR) is 291 cm³/mol. The van der Waals surface area contributed by atoms with Gasteiger partial charge < -0.3 is 9.47 Å². The number of carbonyl (C=O) groups is 6. The van der Waals surface area contributed by atoms with Gasteiger partial charge in [0.2, 0.25) is 0 Å². The molecule has 390 valence electrons. The Labute approximate surface area is 453 Å². The first-order valence-electron chi connectivity index (χ1n) is 27.5. The molecule has 0 atom stereocenters. The monoisotopic (exact) mass is 1030 g/mol. The number of imide groups is 6. The number of nitriles is 2. The maximum Gasteiger partial charge on any atom is 0.424 e. The molecule has 12 rings (SSSR count). The summed E-state index contributed by atoms with van der Waals surface area (Å²) < 4.78 is 11.0. The van der Waals surface area contributed by atoms with Crippen LogP contribution >= 0.6 is 0 Å². The third kappa shape index (κ3) is 7.82. The Morgan fingerprint density at radius 2 is 0.859 bits per heavy atom. The van der Waals surface area contributed by atoms with Gasteiger partial charge in [-0.25, -0.2) is 9.59 Å². The lowest BCUT2D eigenvalue weighted by Crippen LogP contribution is -2.46. The molecule has 0 aromatic heterocycles. The van der Waals surface area contributed by atoms with Crippen LogP contribution in [0, 0.1) is 22.7 Å². The SMILES string of the molecule is CC1=C(C#N)C(=O)N(C(=O)OCc2ccccc2)C(=O)/C1=C\C1=Cc2cc3c(cc2C12CCCCC2)-c1cc2c(cc1C31CCCCC1)C=C(/C=C1/C(=O)N(C(=O)OCc3ccccc3)C(=O)C(C#N)=C1C)C21CCCCC1. The maximum atomic E-state index is 14.5. The molecule has 0 radical (unpaired) electrons. The van der Waals surface area contributed by atoms with Gasteiger partial charge >= 0.3 is 12.2 Å². The average molecular weight is 1040 g/mol. The number of nitrogens with zero attached hydrogens (tertiary/aromatic N) is 4. The van der Waals surface area contributed by atoms with Gasteiger partial charge in [-0.3, -0.25) is 19.2 Å². The van der Waals surface area contributed by atoms with Crippen LogP contribution in [0.4, 0.5) is 9.59 Å². The van der Waals surface area contributed by atoms with Gasteiger partial charge in [0.25, 0.3) is 23.6 Å². The van der Waals surface area contributed by atoms with Crippen LogP contribution in [0.1, 0.15) is 155 Å². The highest BCUT2D eigenvalue weighted by Gasteiger charge is 2.52. The van der Waals surface area contributed by atoms with E-state index >= 15 is 0 Å². The quantitative estimate of drug-likeness (QED) is 0.133. The second-order valence-electron chi connectivity index (χ2n) is 22.4. The zero-order chi connectivity index (χ0) is 54.1. The molecule has 12 heteroatoms. The molecule has 0 unspecified atom stereocenters. The number of hydrogen-bond donors (Lipinski definition) is 0. The third-order valence-corrected chi connectivity index (χ3v) is 18.4. The van der Waals surface area contributed by atoms with E-state index in [4.69, 9.17) is 9.47 Å². The summed E-state index contributed by atoms with van der Waals surface area (Å²) >= 11 is 0. The second-order valence-corrected chi connectivity index (χ2v) is 22.4. The summed E-state index contributed by atoms with van der Waals surface area (Å²) in [5, 5.41) is 20.6. The Morgan fingerprint density at radius 1 is 0.500 bits per heavy atom. The Balaban J connectivity index is 0.940. The number of rotatable bonds is 6. The smallest absolute Gasteiger partial charge is 0.424 e. The minimum absolute atomic E-state index is 0.117. The lowest BCUT2D eigenvalue weighted by Gasteiger charge is -2.39. The first-order chi connectivity index (χ1) is 37.8. The molecule has 0 saturated heterocycles. The lowest BCUT2D eigenvalue weighted by molar-refractivity contribution is -0.140. The highest BCUT2D eigenvalue weighted by molar-refractivity contribution is 6.26. The molecule has 8 aliphatic rings. The van der Waals surface area contributed by atoms with Crippen molar-refractivity contribution in [2.24, 2.45) is 0 Å². The fourth-order valence-corrected chi connectivity index (χ4v) is 14.5. The number of benzene rings is 4. The summed E-state index contributed by atoms with van der Waals surface area (Å²) in [7, 11) is 0. The summed E-state index contributed by atoms with van der Waals surface area (Å²) in [5.74, 6) is -3.63. The normalized spacial score (nSPS) is 21.6. The molecule has 12 nitrogen and oxygen atoms in total. The van der Waals surface area contributed by atoms with Gasteiger partial charge in [-0.05, 0) is 167 Å². The Hall–Kier alpha value is -8.48. The molecule has 3 saturated carbocycles. The Kier molecular flexibility index (Phi) is 12.6. The summed E-state index contributed by atoms with van der Waals surface area (Å²) in [6.45, 7) is 2.89. The number of allylic oxidation sites excluding steroid dienone is 4. The van der Waals surface area contributed by atoms with Crippen LogP contribution in [0.2, 0.25) is 0 Å². The molecule has 3 fully saturated rings. The van der Waals surface area contributed by atoms with Crippen molar-refractivity contribution in [3.63, 3.8) is 0 Å². The van der Waals surface area contributed by atoms with Crippen molar-refractivity contribution in [3.05, 3.63) is 186 Å². The Bertz CT molecular complexity index is 3380. The van der Waals surface area contributed by atoms with Crippen molar-refractivity contribution >= 4 is 48.0 Å². The number of ether oxygens (including phenoxy) is 2. The van der Waals surface area contributed by atoms with Crippen LogP contribution in [0.5, 0.6) is 0 Å². The summed E-state index contributed by atoms with van der Waals surface area (Å²) in [6, 6.07) is 31.6. The van der Waals surface area contributed by atoms with Crippen LogP contribution < -0.4 is 0 Å². The minimum Gasteiger partial charge on any atom is -0.444 e. The second kappa shape index (κ2) is 19.5. The Morgan fingerprint density at radius 3 is 1.22 bits per heavy atom. The number of amides is 6. The standard InChI is InChI=1S/C66H58N4O8/c1-40-48(58(71)69(60(73)52(40)36-67)62(75)77-38-42-18-8-3-9-19-42)32-46-28-44-30-56-50(34-54(44)64(46)22-12-5-13-23-64)51-35-55-45(31-57(51)66(56)26-16-7-17-27-66)29-47(65(55)24-14-6-15-25-65)33-49-41(2)53(37-68)61(74)70(59(49)72)63(76)78-39-43-20-10-4-11-21-43/h3-4,8-11,18-21,28-35H,5-7,12-17,22-27,38-39H2,1-2H3/b48-32-,49-33+. The molecule has 4 aromatic rings. The van der Waals surface area contributed by atoms with Crippen molar-refractivity contribution in [1.29, 1.82) is 10.5 Å². The third-order valence-electron chi connectivity index (χ3n) is 18.4. The van der Waals surface area contributed by atoms with Crippen molar-refractivity contribution in [2.45, 2.75) is 140 Å². The largest absolute Gasteiger partial charge is 0.444 e. The van der Waals surface area contributed by atoms with Crippen molar-refractivity contribution < 1.29 is 38.2 Å². The van der Waals surface area contributed by atoms with Crippen LogP contribution in [0.25, 0.3) is 23.3 Å². The van der Waals surface area contributed by atoms with Gasteiger partial charge in [0.15, 0.2) is 0 Å². The molecular formula is C66H58N4O8.